The Labute approximate surface area is 161 Å². The molecule has 27 heavy (non-hydrogen) atoms. The van der Waals surface area contributed by atoms with E-state index < -0.39 is 5.41 Å². The zero-order chi connectivity index (χ0) is 19.6. The molecule has 2 amide bonds. The quantitative estimate of drug-likeness (QED) is 0.867. The Morgan fingerprint density at radius 1 is 1.04 bits per heavy atom. The first-order valence-electron chi connectivity index (χ1n) is 9.52. The van der Waals surface area contributed by atoms with Crippen LogP contribution in [0.15, 0.2) is 42.5 Å². The Bertz CT molecular complexity index is 831. The van der Waals surface area contributed by atoms with Gasteiger partial charge in [-0.1, -0.05) is 54.4 Å². The van der Waals surface area contributed by atoms with Gasteiger partial charge in [0, 0.05) is 12.7 Å². The standard InChI is InChI=1S/C23H28N2O2/c1-16-13-17(2)21(18(3)14-16)24-20(26)15-25(4)22(27)23(11-8-12-23)19-9-6-5-7-10-19/h5-7,9-10,13-14H,8,11-12,15H2,1-4H3,(H,24,26). The maximum Gasteiger partial charge on any atom is 0.243 e. The molecule has 0 radical (unpaired) electrons. The molecule has 0 bridgehead atoms. The van der Waals surface area contributed by atoms with E-state index in [0.29, 0.717) is 0 Å². The van der Waals surface area contributed by atoms with E-state index in [9.17, 15) is 9.59 Å². The number of carbonyl (C=O) groups excluding carboxylic acids is 2. The fraction of sp³-hybridized carbons (Fsp3) is 0.391. The third-order valence-corrected chi connectivity index (χ3v) is 5.61. The number of hydrogen-bond acceptors (Lipinski definition) is 2. The van der Waals surface area contributed by atoms with Gasteiger partial charge in [0.2, 0.25) is 11.8 Å². The van der Waals surface area contributed by atoms with Crippen LogP contribution in [0, 0.1) is 20.8 Å². The van der Waals surface area contributed by atoms with Crippen molar-refractivity contribution in [2.24, 2.45) is 0 Å². The molecule has 1 aliphatic rings. The number of rotatable bonds is 5. The lowest BCUT2D eigenvalue weighted by Gasteiger charge is -2.43. The molecule has 142 valence electrons. The summed E-state index contributed by atoms with van der Waals surface area (Å²) in [5, 5.41) is 2.99. The minimum Gasteiger partial charge on any atom is -0.336 e. The van der Waals surface area contributed by atoms with Crippen LogP contribution in [-0.4, -0.2) is 30.3 Å². The predicted molar refractivity (Wildman–Crippen MR) is 109 cm³/mol. The van der Waals surface area contributed by atoms with Gasteiger partial charge in [0.05, 0.1) is 12.0 Å². The fourth-order valence-electron chi connectivity index (χ4n) is 4.12. The van der Waals surface area contributed by atoms with Crippen molar-refractivity contribution in [3.8, 4) is 0 Å². The van der Waals surface area contributed by atoms with Crippen LogP contribution in [0.25, 0.3) is 0 Å². The molecule has 1 N–H and O–H groups in total. The highest BCUT2D eigenvalue weighted by Crippen LogP contribution is 2.44. The lowest BCUT2D eigenvalue weighted by molar-refractivity contribution is -0.141. The Kier molecular flexibility index (Phi) is 5.36. The smallest absolute Gasteiger partial charge is 0.243 e. The number of nitrogens with one attached hydrogen (secondary N) is 1. The summed E-state index contributed by atoms with van der Waals surface area (Å²) in [6.07, 6.45) is 2.73. The summed E-state index contributed by atoms with van der Waals surface area (Å²) in [6, 6.07) is 14.0. The van der Waals surface area contributed by atoms with Gasteiger partial charge in [-0.3, -0.25) is 9.59 Å². The first-order valence-corrected chi connectivity index (χ1v) is 9.52. The molecule has 0 atom stereocenters. The van der Waals surface area contributed by atoms with Crippen molar-refractivity contribution in [3.63, 3.8) is 0 Å². The summed E-state index contributed by atoms with van der Waals surface area (Å²) in [5.41, 5.74) is 4.67. The highest BCUT2D eigenvalue weighted by Gasteiger charge is 2.47. The second-order valence-corrected chi connectivity index (χ2v) is 7.78. The lowest BCUT2D eigenvalue weighted by atomic mass is 9.63. The lowest BCUT2D eigenvalue weighted by Crippen LogP contribution is -2.51. The average Bonchev–Trinajstić information content (AvgIpc) is 2.58. The minimum atomic E-state index is -0.466. The number of anilines is 1. The summed E-state index contributed by atoms with van der Waals surface area (Å²) in [4.78, 5) is 27.3. The summed E-state index contributed by atoms with van der Waals surface area (Å²) in [6.45, 7) is 6.08. The topological polar surface area (TPSA) is 49.4 Å². The largest absolute Gasteiger partial charge is 0.336 e. The normalized spacial score (nSPS) is 15.0. The molecule has 2 aromatic carbocycles. The maximum absolute atomic E-state index is 13.2. The van der Waals surface area contributed by atoms with Gasteiger partial charge >= 0.3 is 0 Å². The van der Waals surface area contributed by atoms with Crippen LogP contribution in [0.3, 0.4) is 0 Å². The first kappa shape index (κ1) is 19.2. The molecule has 0 heterocycles. The van der Waals surface area contributed by atoms with Crippen LogP contribution in [-0.2, 0) is 15.0 Å². The monoisotopic (exact) mass is 364 g/mol. The van der Waals surface area contributed by atoms with Gasteiger partial charge in [-0.25, -0.2) is 0 Å². The van der Waals surface area contributed by atoms with Crippen LogP contribution in [0.5, 0.6) is 0 Å². The van der Waals surface area contributed by atoms with E-state index in [1.807, 2.05) is 51.1 Å². The Morgan fingerprint density at radius 3 is 2.15 bits per heavy atom. The highest BCUT2D eigenvalue weighted by atomic mass is 16.2. The molecular formula is C23H28N2O2. The third-order valence-electron chi connectivity index (χ3n) is 5.61. The number of nitrogens with zero attached hydrogens (tertiary/aromatic N) is 1. The van der Waals surface area contributed by atoms with E-state index in [1.54, 1.807) is 11.9 Å². The Balaban J connectivity index is 1.71. The van der Waals surface area contributed by atoms with Crippen molar-refractivity contribution >= 4 is 17.5 Å². The van der Waals surface area contributed by atoms with Gasteiger partial charge in [-0.15, -0.1) is 0 Å². The molecule has 0 unspecified atom stereocenters. The second-order valence-electron chi connectivity index (χ2n) is 7.78. The van der Waals surface area contributed by atoms with Crippen LogP contribution in [0.2, 0.25) is 0 Å². The number of benzene rings is 2. The van der Waals surface area contributed by atoms with E-state index in [1.165, 1.54) is 5.56 Å². The van der Waals surface area contributed by atoms with Gasteiger partial charge in [-0.2, -0.15) is 0 Å². The number of carbonyl (C=O) groups is 2. The van der Waals surface area contributed by atoms with Crippen molar-refractivity contribution in [1.29, 1.82) is 0 Å². The van der Waals surface area contributed by atoms with E-state index in [2.05, 4.69) is 17.4 Å². The predicted octanol–water partition coefficient (Wildman–Crippen LogP) is 4.13. The molecular weight excluding hydrogens is 336 g/mol. The van der Waals surface area contributed by atoms with Crippen molar-refractivity contribution < 1.29 is 9.59 Å². The minimum absolute atomic E-state index is 0.0347. The highest BCUT2D eigenvalue weighted by molar-refractivity contribution is 5.97. The Morgan fingerprint density at radius 2 is 1.63 bits per heavy atom. The molecule has 0 saturated heterocycles. The van der Waals surface area contributed by atoms with Crippen molar-refractivity contribution in [2.45, 2.75) is 45.4 Å². The molecule has 3 rings (SSSR count). The molecule has 4 nitrogen and oxygen atoms in total. The van der Waals surface area contributed by atoms with Crippen molar-refractivity contribution in [2.75, 3.05) is 18.9 Å². The Hall–Kier alpha value is -2.62. The third kappa shape index (κ3) is 3.75. The molecule has 0 spiro atoms. The summed E-state index contributed by atoms with van der Waals surface area (Å²) in [5.74, 6) is -0.129. The van der Waals surface area contributed by atoms with E-state index in [4.69, 9.17) is 0 Å². The van der Waals surface area contributed by atoms with E-state index in [-0.39, 0.29) is 18.4 Å². The maximum atomic E-state index is 13.2. The molecule has 4 heteroatoms. The molecule has 0 aromatic heterocycles. The molecule has 1 saturated carbocycles. The second kappa shape index (κ2) is 7.55. The zero-order valence-corrected chi connectivity index (χ0v) is 16.6. The van der Waals surface area contributed by atoms with Gasteiger partial charge in [-0.05, 0) is 50.3 Å². The number of likely N-dealkylation sites (N-methyl/N-ethyl adjacent to an activating group) is 1. The number of amides is 2. The SMILES string of the molecule is Cc1cc(C)c(NC(=O)CN(C)C(=O)C2(c3ccccc3)CCC2)c(C)c1. The van der Waals surface area contributed by atoms with E-state index in [0.717, 1.165) is 41.6 Å². The average molecular weight is 364 g/mol. The van der Waals surface area contributed by atoms with E-state index >= 15 is 0 Å². The summed E-state index contributed by atoms with van der Waals surface area (Å²) in [7, 11) is 1.72. The van der Waals surface area contributed by atoms with Gasteiger partial charge in [0.25, 0.3) is 0 Å². The van der Waals surface area contributed by atoms with Crippen LogP contribution in [0.4, 0.5) is 5.69 Å². The molecule has 1 fully saturated rings. The van der Waals surface area contributed by atoms with Crippen LogP contribution < -0.4 is 5.32 Å². The van der Waals surface area contributed by atoms with Crippen LogP contribution in [0.1, 0.15) is 41.5 Å². The summed E-state index contributed by atoms with van der Waals surface area (Å²) >= 11 is 0. The van der Waals surface area contributed by atoms with Crippen molar-refractivity contribution in [1.82, 2.24) is 4.90 Å². The summed E-state index contributed by atoms with van der Waals surface area (Å²) < 4.78 is 0. The van der Waals surface area contributed by atoms with Gasteiger partial charge < -0.3 is 10.2 Å². The number of hydrogen-bond donors (Lipinski definition) is 1. The molecule has 1 aliphatic carbocycles. The molecule has 0 aliphatic heterocycles. The van der Waals surface area contributed by atoms with Crippen molar-refractivity contribution in [3.05, 3.63) is 64.7 Å². The fourth-order valence-corrected chi connectivity index (χ4v) is 4.12. The zero-order valence-electron chi connectivity index (χ0n) is 16.6. The number of aryl methyl sites for hydroxylation is 3. The van der Waals surface area contributed by atoms with Gasteiger partial charge in [0.1, 0.15) is 0 Å². The van der Waals surface area contributed by atoms with Gasteiger partial charge in [0.15, 0.2) is 0 Å². The first-order chi connectivity index (χ1) is 12.8. The van der Waals surface area contributed by atoms with Crippen LogP contribution >= 0.6 is 0 Å². The molecule has 2 aromatic rings.